The van der Waals surface area contributed by atoms with Crippen molar-refractivity contribution in [3.05, 3.63) is 0 Å². The first-order valence-electron chi connectivity index (χ1n) is 8.72. The van der Waals surface area contributed by atoms with Crippen molar-refractivity contribution in [3.63, 3.8) is 0 Å². The molecule has 0 radical (unpaired) electrons. The number of ether oxygens (including phenoxy) is 2. The van der Waals surface area contributed by atoms with Gasteiger partial charge in [0.15, 0.2) is 6.29 Å². The predicted molar refractivity (Wildman–Crippen MR) is 78.3 cm³/mol. The summed E-state index contributed by atoms with van der Waals surface area (Å²) in [6, 6.07) is 0. The van der Waals surface area contributed by atoms with Crippen LogP contribution in [0.5, 0.6) is 0 Å². The Bertz CT molecular complexity index is 272. The molecule has 0 aromatic carbocycles. The fourth-order valence-electron chi connectivity index (χ4n) is 4.47. The molecule has 0 amide bonds. The van der Waals surface area contributed by atoms with Crippen LogP contribution in [0, 0.1) is 17.8 Å². The third kappa shape index (κ3) is 3.96. The van der Waals surface area contributed by atoms with Gasteiger partial charge >= 0.3 is 0 Å². The van der Waals surface area contributed by atoms with Crippen LogP contribution in [0.4, 0.5) is 0 Å². The zero-order valence-electron chi connectivity index (χ0n) is 12.6. The number of hydrogen-bond acceptors (Lipinski definition) is 3. The zero-order valence-corrected chi connectivity index (χ0v) is 12.6. The summed E-state index contributed by atoms with van der Waals surface area (Å²) in [5.41, 5.74) is 0. The van der Waals surface area contributed by atoms with Crippen molar-refractivity contribution in [1.29, 1.82) is 0 Å². The van der Waals surface area contributed by atoms with Crippen molar-refractivity contribution in [3.8, 4) is 0 Å². The van der Waals surface area contributed by atoms with Crippen LogP contribution in [0.2, 0.25) is 0 Å². The van der Waals surface area contributed by atoms with E-state index in [0.29, 0.717) is 0 Å². The number of rotatable bonds is 4. The quantitative estimate of drug-likeness (QED) is 0.857. The minimum absolute atomic E-state index is 0.00555. The second-order valence-electron chi connectivity index (χ2n) is 7.10. The molecule has 1 aliphatic heterocycles. The normalized spacial score (nSPS) is 40.0. The van der Waals surface area contributed by atoms with Gasteiger partial charge in [-0.05, 0) is 69.1 Å². The van der Waals surface area contributed by atoms with Crippen LogP contribution < -0.4 is 0 Å². The van der Waals surface area contributed by atoms with Gasteiger partial charge < -0.3 is 14.6 Å². The van der Waals surface area contributed by atoms with E-state index < -0.39 is 0 Å². The molecule has 1 N–H and O–H groups in total. The van der Waals surface area contributed by atoms with Crippen molar-refractivity contribution in [2.75, 3.05) is 13.2 Å². The van der Waals surface area contributed by atoms with Gasteiger partial charge in [0.2, 0.25) is 0 Å². The standard InChI is InChI=1S/C17H30O3/c18-16-8-6-15(7-9-16)14-4-1-13(2-5-14)3-10-17-19-11-12-20-17/h13-18H,1-12H2/t13-,14-,15?,16?. The largest absolute Gasteiger partial charge is 0.393 e. The molecule has 3 heteroatoms. The molecule has 1 heterocycles. The van der Waals surface area contributed by atoms with Gasteiger partial charge in [-0.1, -0.05) is 12.8 Å². The summed E-state index contributed by atoms with van der Waals surface area (Å²) in [5.74, 6) is 2.74. The number of aliphatic hydroxyl groups is 1. The molecule has 20 heavy (non-hydrogen) atoms. The van der Waals surface area contributed by atoms with E-state index in [9.17, 15) is 5.11 Å². The topological polar surface area (TPSA) is 38.7 Å². The molecule has 2 aliphatic carbocycles. The second-order valence-corrected chi connectivity index (χ2v) is 7.10. The highest BCUT2D eigenvalue weighted by Gasteiger charge is 2.30. The van der Waals surface area contributed by atoms with Crippen LogP contribution in [0.1, 0.15) is 64.2 Å². The summed E-state index contributed by atoms with van der Waals surface area (Å²) in [6.45, 7) is 1.57. The van der Waals surface area contributed by atoms with Gasteiger partial charge in [-0.25, -0.2) is 0 Å². The molecule has 0 bridgehead atoms. The molecular weight excluding hydrogens is 252 g/mol. The van der Waals surface area contributed by atoms with Gasteiger partial charge in [0.25, 0.3) is 0 Å². The van der Waals surface area contributed by atoms with Crippen molar-refractivity contribution in [2.24, 2.45) is 17.8 Å². The van der Waals surface area contributed by atoms with Crippen LogP contribution in [-0.4, -0.2) is 30.7 Å². The monoisotopic (exact) mass is 282 g/mol. The molecule has 0 aromatic heterocycles. The van der Waals surface area contributed by atoms with Crippen molar-refractivity contribution in [1.82, 2.24) is 0 Å². The van der Waals surface area contributed by atoms with Gasteiger partial charge in [0.1, 0.15) is 0 Å². The molecule has 3 rings (SSSR count). The van der Waals surface area contributed by atoms with E-state index in [1.165, 1.54) is 44.9 Å². The first-order chi connectivity index (χ1) is 9.81. The van der Waals surface area contributed by atoms with E-state index in [1.807, 2.05) is 0 Å². The van der Waals surface area contributed by atoms with Crippen molar-refractivity contribution < 1.29 is 14.6 Å². The lowest BCUT2D eigenvalue weighted by atomic mass is 9.70. The molecule has 116 valence electrons. The summed E-state index contributed by atoms with van der Waals surface area (Å²) in [7, 11) is 0. The maximum absolute atomic E-state index is 9.62. The highest BCUT2D eigenvalue weighted by Crippen LogP contribution is 2.41. The van der Waals surface area contributed by atoms with Crippen LogP contribution in [0.25, 0.3) is 0 Å². The highest BCUT2D eigenvalue weighted by molar-refractivity contribution is 4.82. The highest BCUT2D eigenvalue weighted by atomic mass is 16.7. The third-order valence-corrected chi connectivity index (χ3v) is 5.80. The minimum atomic E-state index is -0.00555. The zero-order chi connectivity index (χ0) is 13.8. The SMILES string of the molecule is OC1CCC([C@H]2CC[C@H](CCC3OCCO3)CC2)CC1. The first kappa shape index (κ1) is 14.8. The van der Waals surface area contributed by atoms with Crippen molar-refractivity contribution in [2.45, 2.75) is 76.6 Å². The van der Waals surface area contributed by atoms with E-state index in [2.05, 4.69) is 0 Å². The lowest BCUT2D eigenvalue weighted by molar-refractivity contribution is -0.0514. The maximum Gasteiger partial charge on any atom is 0.157 e. The molecule has 3 nitrogen and oxygen atoms in total. The average molecular weight is 282 g/mol. The maximum atomic E-state index is 9.62. The smallest absolute Gasteiger partial charge is 0.157 e. The molecule has 0 atom stereocenters. The van der Waals surface area contributed by atoms with Gasteiger partial charge in [-0.2, -0.15) is 0 Å². The third-order valence-electron chi connectivity index (χ3n) is 5.80. The summed E-state index contributed by atoms with van der Waals surface area (Å²) in [4.78, 5) is 0. The molecule has 3 aliphatic rings. The Morgan fingerprint density at radius 2 is 1.25 bits per heavy atom. The Hall–Kier alpha value is -0.120. The molecule has 0 aromatic rings. The number of hydrogen-bond donors (Lipinski definition) is 1. The summed E-state index contributed by atoms with van der Waals surface area (Å²) < 4.78 is 11.0. The van der Waals surface area contributed by atoms with E-state index in [1.54, 1.807) is 0 Å². The van der Waals surface area contributed by atoms with Crippen LogP contribution in [-0.2, 0) is 9.47 Å². The molecule has 2 saturated carbocycles. The van der Waals surface area contributed by atoms with E-state index >= 15 is 0 Å². The Kier molecular flexibility index (Phi) is 5.36. The fourth-order valence-corrected chi connectivity index (χ4v) is 4.47. The molecule has 1 saturated heterocycles. The van der Waals surface area contributed by atoms with Crippen LogP contribution in [0.15, 0.2) is 0 Å². The van der Waals surface area contributed by atoms with Gasteiger partial charge in [-0.15, -0.1) is 0 Å². The molecular formula is C17H30O3. The van der Waals surface area contributed by atoms with Crippen LogP contribution in [0.3, 0.4) is 0 Å². The summed E-state index contributed by atoms with van der Waals surface area (Å²) in [5, 5.41) is 9.62. The van der Waals surface area contributed by atoms with Gasteiger partial charge in [-0.3, -0.25) is 0 Å². The lowest BCUT2D eigenvalue weighted by Gasteiger charge is -2.37. The van der Waals surface area contributed by atoms with E-state index in [4.69, 9.17) is 9.47 Å². The Labute approximate surface area is 123 Å². The first-order valence-corrected chi connectivity index (χ1v) is 8.72. The van der Waals surface area contributed by atoms with Crippen molar-refractivity contribution >= 4 is 0 Å². The Morgan fingerprint density at radius 3 is 1.85 bits per heavy atom. The number of aliphatic hydroxyl groups excluding tert-OH is 1. The second kappa shape index (κ2) is 7.24. The lowest BCUT2D eigenvalue weighted by Crippen LogP contribution is -2.27. The van der Waals surface area contributed by atoms with Gasteiger partial charge in [0.05, 0.1) is 19.3 Å². The van der Waals surface area contributed by atoms with E-state index in [0.717, 1.165) is 50.2 Å². The summed E-state index contributed by atoms with van der Waals surface area (Å²) in [6.07, 6.45) is 12.7. The summed E-state index contributed by atoms with van der Waals surface area (Å²) >= 11 is 0. The fraction of sp³-hybridized carbons (Fsp3) is 1.00. The van der Waals surface area contributed by atoms with E-state index in [-0.39, 0.29) is 12.4 Å². The molecule has 0 unspecified atom stereocenters. The molecule has 0 spiro atoms. The Balaban J connectivity index is 1.34. The van der Waals surface area contributed by atoms with Crippen LogP contribution >= 0.6 is 0 Å². The Morgan fingerprint density at radius 1 is 0.700 bits per heavy atom. The average Bonchev–Trinajstić information content (AvgIpc) is 3.00. The molecule has 3 fully saturated rings. The predicted octanol–water partition coefficient (Wildman–Crippen LogP) is 3.50. The minimum Gasteiger partial charge on any atom is -0.393 e. The van der Waals surface area contributed by atoms with Gasteiger partial charge in [0, 0.05) is 0 Å².